The van der Waals surface area contributed by atoms with Crippen molar-refractivity contribution in [3.63, 3.8) is 0 Å². The van der Waals surface area contributed by atoms with Crippen molar-refractivity contribution in [1.29, 1.82) is 0 Å². The van der Waals surface area contributed by atoms with Gasteiger partial charge in [-0.1, -0.05) is 36.4 Å². The van der Waals surface area contributed by atoms with E-state index in [-0.39, 0.29) is 11.1 Å². The first-order valence-corrected chi connectivity index (χ1v) is 8.52. The van der Waals surface area contributed by atoms with Crippen LogP contribution >= 0.6 is 0 Å². The summed E-state index contributed by atoms with van der Waals surface area (Å²) in [5.74, 6) is 0. The summed E-state index contributed by atoms with van der Waals surface area (Å²) in [5, 5.41) is 1.00. The fraction of sp³-hybridized carbons (Fsp3) is 0.0833. The zero-order valence-corrected chi connectivity index (χ0v) is 14.2. The molecule has 0 saturated heterocycles. The number of hydrogen-bond acceptors (Lipinski definition) is 3. The van der Waals surface area contributed by atoms with Crippen LogP contribution in [0.2, 0.25) is 0 Å². The maximum atomic E-state index is 8.02. The Bertz CT molecular complexity index is 1490. The SMILES string of the molecule is [2H]C([2H])([2H])c1ccnc(-c2ccc(C([2H])([2H])[2H])c3c2oc2nc(-c4ccccc4)ccc23)c1. The molecule has 0 aliphatic carbocycles. The molecule has 5 aromatic rings. The van der Waals surface area contributed by atoms with Gasteiger partial charge in [0.1, 0.15) is 5.58 Å². The highest BCUT2D eigenvalue weighted by atomic mass is 16.3. The summed E-state index contributed by atoms with van der Waals surface area (Å²) >= 11 is 0. The molecular formula is C24H18N2O. The molecule has 3 heteroatoms. The highest BCUT2D eigenvalue weighted by Crippen LogP contribution is 2.37. The van der Waals surface area contributed by atoms with Crippen LogP contribution in [0.15, 0.2) is 77.3 Å². The van der Waals surface area contributed by atoms with Crippen LogP contribution in [0, 0.1) is 13.7 Å². The van der Waals surface area contributed by atoms with Crippen molar-refractivity contribution in [3.05, 3.63) is 84.1 Å². The van der Waals surface area contributed by atoms with Crippen LogP contribution in [0.1, 0.15) is 19.4 Å². The monoisotopic (exact) mass is 356 g/mol. The van der Waals surface area contributed by atoms with Crippen LogP contribution in [-0.4, -0.2) is 9.97 Å². The van der Waals surface area contributed by atoms with E-state index in [9.17, 15) is 0 Å². The molecule has 3 heterocycles. The highest BCUT2D eigenvalue weighted by molar-refractivity contribution is 6.10. The molecule has 0 bridgehead atoms. The van der Waals surface area contributed by atoms with Gasteiger partial charge in [-0.25, -0.2) is 4.98 Å². The molecule has 0 spiro atoms. The number of benzene rings is 2. The zero-order valence-electron chi connectivity index (χ0n) is 20.2. The van der Waals surface area contributed by atoms with Crippen molar-refractivity contribution in [3.8, 4) is 22.5 Å². The van der Waals surface area contributed by atoms with E-state index >= 15 is 0 Å². The third-order valence-electron chi connectivity index (χ3n) is 4.59. The molecule has 0 amide bonds. The number of fused-ring (bicyclic) bond motifs is 3. The number of rotatable bonds is 2. The average molecular weight is 356 g/mol. The Morgan fingerprint density at radius 1 is 0.889 bits per heavy atom. The van der Waals surface area contributed by atoms with E-state index < -0.39 is 13.7 Å². The van der Waals surface area contributed by atoms with Gasteiger partial charge in [0.2, 0.25) is 5.71 Å². The second-order valence-electron chi connectivity index (χ2n) is 6.31. The number of furan rings is 1. The molecule has 0 aliphatic rings. The Balaban J connectivity index is 1.80. The Labute approximate surface area is 165 Å². The summed E-state index contributed by atoms with van der Waals surface area (Å²) in [6.45, 7) is -4.67. The van der Waals surface area contributed by atoms with Crippen LogP contribution < -0.4 is 0 Å². The molecule has 27 heavy (non-hydrogen) atoms. The second-order valence-corrected chi connectivity index (χ2v) is 6.31. The Kier molecular flexibility index (Phi) is 2.39. The Morgan fingerprint density at radius 3 is 2.67 bits per heavy atom. The smallest absolute Gasteiger partial charge is 0.227 e. The van der Waals surface area contributed by atoms with E-state index in [0.29, 0.717) is 39.0 Å². The lowest BCUT2D eigenvalue weighted by Crippen LogP contribution is -1.86. The number of aryl methyl sites for hydroxylation is 2. The van der Waals surface area contributed by atoms with E-state index in [1.54, 1.807) is 6.07 Å². The van der Waals surface area contributed by atoms with Crippen LogP contribution in [0.25, 0.3) is 44.6 Å². The molecule has 130 valence electrons. The van der Waals surface area contributed by atoms with Crippen LogP contribution in [-0.2, 0) is 0 Å². The minimum Gasteiger partial charge on any atom is -0.437 e. The largest absolute Gasteiger partial charge is 0.437 e. The first kappa shape index (κ1) is 10.6. The molecule has 2 aromatic carbocycles. The van der Waals surface area contributed by atoms with Crippen LogP contribution in [0.4, 0.5) is 0 Å². The van der Waals surface area contributed by atoms with Crippen molar-refractivity contribution in [1.82, 2.24) is 9.97 Å². The number of nitrogens with zero attached hydrogens (tertiary/aromatic N) is 2. The second kappa shape index (κ2) is 6.06. The predicted octanol–water partition coefficient (Wildman–Crippen LogP) is 6.33. The lowest BCUT2D eigenvalue weighted by atomic mass is 10.0. The molecule has 0 fully saturated rings. The lowest BCUT2D eigenvalue weighted by molar-refractivity contribution is 0.655. The van der Waals surface area contributed by atoms with Crippen LogP contribution in [0.3, 0.4) is 0 Å². The van der Waals surface area contributed by atoms with Crippen molar-refractivity contribution < 1.29 is 12.6 Å². The van der Waals surface area contributed by atoms with Gasteiger partial charge in [-0.2, -0.15) is 0 Å². The van der Waals surface area contributed by atoms with Gasteiger partial charge in [0, 0.05) is 36.3 Å². The highest BCUT2D eigenvalue weighted by Gasteiger charge is 2.16. The molecule has 0 unspecified atom stereocenters. The first-order valence-electron chi connectivity index (χ1n) is 11.5. The summed E-state index contributed by atoms with van der Waals surface area (Å²) in [4.78, 5) is 8.97. The van der Waals surface area contributed by atoms with Gasteiger partial charge in [-0.15, -0.1) is 0 Å². The average Bonchev–Trinajstić information content (AvgIpc) is 3.16. The van der Waals surface area contributed by atoms with Gasteiger partial charge < -0.3 is 4.42 Å². The summed E-state index contributed by atoms with van der Waals surface area (Å²) in [6, 6.07) is 19.3. The van der Waals surface area contributed by atoms with Crippen molar-refractivity contribution in [2.75, 3.05) is 0 Å². The van der Waals surface area contributed by atoms with Crippen molar-refractivity contribution in [2.45, 2.75) is 13.7 Å². The van der Waals surface area contributed by atoms with Gasteiger partial charge in [0.25, 0.3) is 0 Å². The molecule has 0 radical (unpaired) electrons. The minimum atomic E-state index is -2.38. The molecular weight excluding hydrogens is 332 g/mol. The van der Waals surface area contributed by atoms with E-state index in [4.69, 9.17) is 12.6 Å². The van der Waals surface area contributed by atoms with Gasteiger partial charge >= 0.3 is 0 Å². The predicted molar refractivity (Wildman–Crippen MR) is 110 cm³/mol. The van der Waals surface area contributed by atoms with E-state index in [0.717, 1.165) is 5.56 Å². The third kappa shape index (κ3) is 2.59. The summed E-state index contributed by atoms with van der Waals surface area (Å²) in [5.41, 5.74) is 3.38. The topological polar surface area (TPSA) is 38.9 Å². The van der Waals surface area contributed by atoms with Gasteiger partial charge in [0.15, 0.2) is 0 Å². The fourth-order valence-electron chi connectivity index (χ4n) is 3.31. The Hall–Kier alpha value is -3.46. The number of aromatic nitrogens is 2. The van der Waals surface area contributed by atoms with Gasteiger partial charge in [-0.3, -0.25) is 4.98 Å². The summed E-state index contributed by atoms with van der Waals surface area (Å²) < 4.78 is 53.3. The molecule has 0 saturated carbocycles. The van der Waals surface area contributed by atoms with E-state index in [1.165, 1.54) is 24.4 Å². The molecule has 3 aromatic heterocycles. The summed E-state index contributed by atoms with van der Waals surface area (Å²) in [7, 11) is 0. The normalized spacial score (nSPS) is 15.6. The lowest BCUT2D eigenvalue weighted by Gasteiger charge is -2.04. The number of hydrogen-bond donors (Lipinski definition) is 0. The summed E-state index contributed by atoms with van der Waals surface area (Å²) in [6.07, 6.45) is 1.43. The molecule has 0 aliphatic heterocycles. The molecule has 3 nitrogen and oxygen atoms in total. The first-order chi connectivity index (χ1) is 15.6. The van der Waals surface area contributed by atoms with Gasteiger partial charge in [-0.05, 0) is 55.2 Å². The molecule has 5 rings (SSSR count). The van der Waals surface area contributed by atoms with Crippen molar-refractivity contribution in [2.24, 2.45) is 0 Å². The zero-order chi connectivity index (χ0) is 23.4. The molecule has 0 atom stereocenters. The standard InChI is InChI=1S/C24H18N2O/c1-15-12-13-25-21(14-15)18-9-8-16(2)22-19-10-11-20(17-6-4-3-5-7-17)26-24(19)27-23(18)22/h3-14H,1-2H3/i1D3,2D3. The maximum absolute atomic E-state index is 8.02. The number of pyridine rings is 2. The maximum Gasteiger partial charge on any atom is 0.227 e. The quantitative estimate of drug-likeness (QED) is 0.371. The van der Waals surface area contributed by atoms with Crippen LogP contribution in [0.5, 0.6) is 0 Å². The Morgan fingerprint density at radius 2 is 1.81 bits per heavy atom. The fourth-order valence-corrected chi connectivity index (χ4v) is 3.31. The third-order valence-corrected chi connectivity index (χ3v) is 4.59. The minimum absolute atomic E-state index is 0.140. The van der Waals surface area contributed by atoms with Crippen molar-refractivity contribution >= 4 is 22.1 Å². The van der Waals surface area contributed by atoms with E-state index in [1.807, 2.05) is 42.5 Å². The van der Waals surface area contributed by atoms with E-state index in [2.05, 4.69) is 9.97 Å². The molecule has 0 N–H and O–H groups in total. The van der Waals surface area contributed by atoms with Gasteiger partial charge in [0.05, 0.1) is 11.4 Å².